The summed E-state index contributed by atoms with van der Waals surface area (Å²) in [6.45, 7) is 3.66. The second-order valence-corrected chi connectivity index (χ2v) is 9.69. The van der Waals surface area contributed by atoms with Gasteiger partial charge in [-0.1, -0.05) is 49.7 Å². The van der Waals surface area contributed by atoms with Crippen molar-refractivity contribution in [3.05, 3.63) is 59.8 Å². The highest BCUT2D eigenvalue weighted by Gasteiger charge is 2.32. The van der Waals surface area contributed by atoms with Crippen LogP contribution in [0.2, 0.25) is 0 Å². The van der Waals surface area contributed by atoms with Gasteiger partial charge in [-0.15, -0.1) is 0 Å². The summed E-state index contributed by atoms with van der Waals surface area (Å²) in [5.74, 6) is 0.513. The van der Waals surface area contributed by atoms with Crippen LogP contribution in [0.3, 0.4) is 0 Å². The lowest BCUT2D eigenvalue weighted by Gasteiger charge is -2.33. The number of pyridine rings is 1. The molecular weight excluding hydrogens is 402 g/mol. The summed E-state index contributed by atoms with van der Waals surface area (Å²) in [5, 5.41) is 3.00. The van der Waals surface area contributed by atoms with Gasteiger partial charge in [-0.25, -0.2) is 13.4 Å². The van der Waals surface area contributed by atoms with Gasteiger partial charge in [-0.05, 0) is 18.1 Å². The highest BCUT2D eigenvalue weighted by molar-refractivity contribution is 7.91. The number of carbonyl (C=O) groups is 1. The number of hydrogen-bond acceptors (Lipinski definition) is 6. The molecule has 0 aliphatic carbocycles. The van der Waals surface area contributed by atoms with Crippen molar-refractivity contribution in [2.45, 2.75) is 32.4 Å². The van der Waals surface area contributed by atoms with E-state index >= 15 is 0 Å². The van der Waals surface area contributed by atoms with Crippen LogP contribution in [0.15, 0.2) is 48.7 Å². The van der Waals surface area contributed by atoms with E-state index in [1.54, 1.807) is 6.20 Å². The van der Waals surface area contributed by atoms with E-state index in [9.17, 15) is 13.2 Å². The zero-order valence-corrected chi connectivity index (χ0v) is 18.1. The molecule has 30 heavy (non-hydrogen) atoms. The molecule has 0 saturated carbocycles. The smallest absolute Gasteiger partial charge is 0.242 e. The standard InChI is InChI=1S/C22H29N3O4S/c1-2-3-14-29-22-19(10-7-11-23-22)17-24-21(26)20(18-8-5-4-6-9-18)25-12-15-30(27,28)16-13-25/h4-11,20H,2-3,12-17H2,1H3,(H,24,26). The van der Waals surface area contributed by atoms with Gasteiger partial charge in [0.25, 0.3) is 0 Å². The molecule has 1 fully saturated rings. The molecule has 1 aliphatic rings. The molecule has 0 spiro atoms. The number of nitrogens with one attached hydrogen (secondary N) is 1. The molecule has 1 N–H and O–H groups in total. The van der Waals surface area contributed by atoms with Gasteiger partial charge in [0.15, 0.2) is 9.84 Å². The normalized spacial score (nSPS) is 17.2. The zero-order chi connectivity index (χ0) is 21.4. The van der Waals surface area contributed by atoms with Crippen LogP contribution in [0, 0.1) is 0 Å². The van der Waals surface area contributed by atoms with Crippen LogP contribution in [-0.4, -0.2) is 55.4 Å². The minimum absolute atomic E-state index is 0.0711. The maximum atomic E-state index is 13.2. The number of rotatable bonds is 9. The number of unbranched alkanes of at least 4 members (excludes halogenated alkanes) is 1. The fourth-order valence-electron chi connectivity index (χ4n) is 3.43. The summed E-state index contributed by atoms with van der Waals surface area (Å²) in [7, 11) is -3.03. The number of aromatic nitrogens is 1. The number of hydrogen-bond donors (Lipinski definition) is 1. The molecule has 2 heterocycles. The van der Waals surface area contributed by atoms with E-state index in [0.717, 1.165) is 24.0 Å². The van der Waals surface area contributed by atoms with Gasteiger partial charge < -0.3 is 10.1 Å². The Morgan fingerprint density at radius 1 is 1.17 bits per heavy atom. The van der Waals surface area contributed by atoms with E-state index in [4.69, 9.17) is 4.74 Å². The van der Waals surface area contributed by atoms with Crippen molar-refractivity contribution in [1.29, 1.82) is 0 Å². The first-order chi connectivity index (χ1) is 14.5. The number of benzene rings is 1. The molecule has 1 atom stereocenters. The molecule has 1 unspecified atom stereocenters. The molecule has 1 aliphatic heterocycles. The lowest BCUT2D eigenvalue weighted by atomic mass is 10.0. The summed E-state index contributed by atoms with van der Waals surface area (Å²) in [6, 6.07) is 12.6. The summed E-state index contributed by atoms with van der Waals surface area (Å²) < 4.78 is 29.4. The molecule has 1 aromatic carbocycles. The van der Waals surface area contributed by atoms with E-state index in [1.165, 1.54) is 0 Å². The van der Waals surface area contributed by atoms with Gasteiger partial charge in [0.2, 0.25) is 11.8 Å². The molecule has 0 bridgehead atoms. The third-order valence-electron chi connectivity index (χ3n) is 5.15. The van der Waals surface area contributed by atoms with Gasteiger partial charge >= 0.3 is 0 Å². The molecule has 0 radical (unpaired) electrons. The van der Waals surface area contributed by atoms with Crippen molar-refractivity contribution in [3.63, 3.8) is 0 Å². The second-order valence-electron chi connectivity index (χ2n) is 7.39. The summed E-state index contributed by atoms with van der Waals surface area (Å²) >= 11 is 0. The molecule has 1 aromatic heterocycles. The number of carbonyl (C=O) groups excluding carboxylic acids is 1. The Bertz CT molecular complexity index is 920. The second kappa shape index (κ2) is 10.5. The molecule has 1 saturated heterocycles. The molecule has 3 rings (SSSR count). The predicted molar refractivity (Wildman–Crippen MR) is 116 cm³/mol. The van der Waals surface area contributed by atoms with Crippen LogP contribution in [0.4, 0.5) is 0 Å². The highest BCUT2D eigenvalue weighted by Crippen LogP contribution is 2.24. The first-order valence-corrected chi connectivity index (χ1v) is 12.2. The average molecular weight is 432 g/mol. The fourth-order valence-corrected chi connectivity index (χ4v) is 4.66. The minimum Gasteiger partial charge on any atom is -0.477 e. The van der Waals surface area contributed by atoms with Gasteiger partial charge in [0, 0.05) is 31.4 Å². The Morgan fingerprint density at radius 3 is 2.60 bits per heavy atom. The Hall–Kier alpha value is -2.45. The number of sulfone groups is 1. The van der Waals surface area contributed by atoms with E-state index in [1.807, 2.05) is 47.4 Å². The van der Waals surface area contributed by atoms with Gasteiger partial charge in [0.1, 0.15) is 6.04 Å². The van der Waals surface area contributed by atoms with E-state index < -0.39 is 15.9 Å². The molecular formula is C22H29N3O4S. The average Bonchev–Trinajstić information content (AvgIpc) is 2.75. The van der Waals surface area contributed by atoms with Crippen LogP contribution in [-0.2, 0) is 21.2 Å². The Labute approximate surface area is 178 Å². The highest BCUT2D eigenvalue weighted by atomic mass is 32.2. The van der Waals surface area contributed by atoms with E-state index in [-0.39, 0.29) is 17.4 Å². The summed E-state index contributed by atoms with van der Waals surface area (Å²) in [5.41, 5.74) is 1.66. The molecule has 7 nitrogen and oxygen atoms in total. The van der Waals surface area contributed by atoms with Crippen molar-refractivity contribution in [3.8, 4) is 5.88 Å². The number of amides is 1. The Morgan fingerprint density at radius 2 is 1.90 bits per heavy atom. The SMILES string of the molecule is CCCCOc1ncccc1CNC(=O)C(c1ccccc1)N1CCS(=O)(=O)CC1. The van der Waals surface area contributed by atoms with Gasteiger partial charge in [-0.3, -0.25) is 9.69 Å². The van der Waals surface area contributed by atoms with Crippen molar-refractivity contribution >= 4 is 15.7 Å². The first-order valence-electron chi connectivity index (χ1n) is 10.3. The zero-order valence-electron chi connectivity index (χ0n) is 17.3. The van der Waals surface area contributed by atoms with Crippen LogP contribution < -0.4 is 10.1 Å². The lowest BCUT2D eigenvalue weighted by Crippen LogP contribution is -2.47. The third-order valence-corrected chi connectivity index (χ3v) is 6.76. The fraction of sp³-hybridized carbons (Fsp3) is 0.455. The van der Waals surface area contributed by atoms with Crippen molar-refractivity contribution in [2.24, 2.45) is 0 Å². The summed E-state index contributed by atoms with van der Waals surface area (Å²) in [4.78, 5) is 19.4. The monoisotopic (exact) mass is 431 g/mol. The minimum atomic E-state index is -3.03. The van der Waals surface area contributed by atoms with Gasteiger partial charge in [0.05, 0.1) is 18.1 Å². The van der Waals surface area contributed by atoms with Crippen molar-refractivity contribution in [2.75, 3.05) is 31.2 Å². The maximum Gasteiger partial charge on any atom is 0.242 e. The van der Waals surface area contributed by atoms with Crippen LogP contribution in [0.5, 0.6) is 5.88 Å². The van der Waals surface area contributed by atoms with Crippen molar-refractivity contribution < 1.29 is 17.9 Å². The number of ether oxygens (including phenoxy) is 1. The van der Waals surface area contributed by atoms with Crippen LogP contribution in [0.1, 0.15) is 36.9 Å². The third kappa shape index (κ3) is 6.03. The van der Waals surface area contributed by atoms with E-state index in [0.29, 0.717) is 32.1 Å². The molecule has 2 aromatic rings. The lowest BCUT2D eigenvalue weighted by molar-refractivity contribution is -0.126. The number of nitrogens with zero attached hydrogens (tertiary/aromatic N) is 2. The Balaban J connectivity index is 1.72. The molecule has 8 heteroatoms. The molecule has 1 amide bonds. The summed E-state index contributed by atoms with van der Waals surface area (Å²) in [6.07, 6.45) is 3.65. The first kappa shape index (κ1) is 22.2. The molecule has 162 valence electrons. The Kier molecular flexibility index (Phi) is 7.81. The predicted octanol–water partition coefficient (Wildman–Crippen LogP) is 2.35. The largest absolute Gasteiger partial charge is 0.477 e. The maximum absolute atomic E-state index is 13.2. The van der Waals surface area contributed by atoms with Crippen LogP contribution >= 0.6 is 0 Å². The van der Waals surface area contributed by atoms with Crippen LogP contribution in [0.25, 0.3) is 0 Å². The van der Waals surface area contributed by atoms with E-state index in [2.05, 4.69) is 17.2 Å². The van der Waals surface area contributed by atoms with Crippen molar-refractivity contribution in [1.82, 2.24) is 15.2 Å². The quantitative estimate of drug-likeness (QED) is 0.613. The topological polar surface area (TPSA) is 88.6 Å². The van der Waals surface area contributed by atoms with Gasteiger partial charge in [-0.2, -0.15) is 0 Å².